The van der Waals surface area contributed by atoms with E-state index in [0.717, 1.165) is 40.5 Å². The normalized spacial score (nSPS) is 15.8. The van der Waals surface area contributed by atoms with E-state index in [0.29, 0.717) is 5.69 Å². The van der Waals surface area contributed by atoms with E-state index in [1.807, 2.05) is 60.1 Å². The van der Waals surface area contributed by atoms with Crippen molar-refractivity contribution in [3.63, 3.8) is 0 Å². The van der Waals surface area contributed by atoms with Crippen LogP contribution in [0.4, 0.5) is 13.2 Å². The Balaban J connectivity index is 1.74. The standard InChI is InChI=1S/C20H17F3N2S2/c21-20(22,23)15-7-9-16(10-8-15)25-13-17(14-5-2-1-3-6-14)18(24-25)19-26-11-4-12-27-19/h1-3,5-10,13,19H,4,11-12H2. The van der Waals surface area contributed by atoms with Crippen molar-refractivity contribution in [2.75, 3.05) is 11.5 Å². The van der Waals surface area contributed by atoms with Gasteiger partial charge in [-0.25, -0.2) is 4.68 Å². The van der Waals surface area contributed by atoms with Gasteiger partial charge in [-0.15, -0.1) is 23.5 Å². The molecule has 140 valence electrons. The minimum absolute atomic E-state index is 0.240. The highest BCUT2D eigenvalue weighted by Gasteiger charge is 2.30. The number of hydrogen-bond acceptors (Lipinski definition) is 3. The second kappa shape index (κ2) is 7.64. The van der Waals surface area contributed by atoms with Gasteiger partial charge in [0.25, 0.3) is 0 Å². The Morgan fingerprint density at radius 3 is 2.22 bits per heavy atom. The lowest BCUT2D eigenvalue weighted by Crippen LogP contribution is -2.05. The van der Waals surface area contributed by atoms with E-state index in [1.165, 1.54) is 18.6 Å². The number of nitrogens with zero attached hydrogens (tertiary/aromatic N) is 2. The van der Waals surface area contributed by atoms with Crippen molar-refractivity contribution in [1.29, 1.82) is 0 Å². The van der Waals surface area contributed by atoms with Crippen LogP contribution in [0.3, 0.4) is 0 Å². The summed E-state index contributed by atoms with van der Waals surface area (Å²) in [5.74, 6) is 2.19. The first-order valence-electron chi connectivity index (χ1n) is 8.58. The van der Waals surface area contributed by atoms with Crippen molar-refractivity contribution in [3.8, 4) is 16.8 Å². The first kappa shape index (κ1) is 18.5. The van der Waals surface area contributed by atoms with Gasteiger partial charge in [-0.2, -0.15) is 18.3 Å². The van der Waals surface area contributed by atoms with E-state index < -0.39 is 11.7 Å². The molecule has 3 aromatic rings. The largest absolute Gasteiger partial charge is 0.416 e. The minimum atomic E-state index is -4.33. The molecule has 1 saturated heterocycles. The van der Waals surface area contributed by atoms with Gasteiger partial charge >= 0.3 is 6.18 Å². The van der Waals surface area contributed by atoms with Gasteiger partial charge in [0, 0.05) is 11.8 Å². The maximum atomic E-state index is 12.8. The Morgan fingerprint density at radius 2 is 1.59 bits per heavy atom. The second-order valence-electron chi connectivity index (χ2n) is 6.21. The van der Waals surface area contributed by atoms with Crippen molar-refractivity contribution in [2.45, 2.75) is 17.2 Å². The molecule has 0 N–H and O–H groups in total. The Labute approximate surface area is 164 Å². The lowest BCUT2D eigenvalue weighted by Gasteiger charge is -2.20. The summed E-state index contributed by atoms with van der Waals surface area (Å²) in [5, 5.41) is 4.77. The number of aromatic nitrogens is 2. The molecule has 0 unspecified atom stereocenters. The molecule has 1 aliphatic rings. The van der Waals surface area contributed by atoms with E-state index in [-0.39, 0.29) is 4.58 Å². The molecule has 1 fully saturated rings. The van der Waals surface area contributed by atoms with Crippen molar-refractivity contribution < 1.29 is 13.2 Å². The quantitative estimate of drug-likeness (QED) is 0.499. The maximum absolute atomic E-state index is 12.8. The predicted octanol–water partition coefficient (Wildman–Crippen LogP) is 6.43. The minimum Gasteiger partial charge on any atom is -0.240 e. The Morgan fingerprint density at radius 1 is 0.926 bits per heavy atom. The van der Waals surface area contributed by atoms with Crippen LogP contribution in [0.1, 0.15) is 22.3 Å². The lowest BCUT2D eigenvalue weighted by molar-refractivity contribution is -0.137. The molecule has 0 amide bonds. The van der Waals surface area contributed by atoms with Crippen LogP contribution in [0.5, 0.6) is 0 Å². The predicted molar refractivity (Wildman–Crippen MR) is 106 cm³/mol. The van der Waals surface area contributed by atoms with Gasteiger partial charge in [-0.3, -0.25) is 0 Å². The van der Waals surface area contributed by atoms with E-state index in [1.54, 1.807) is 4.68 Å². The fourth-order valence-corrected chi connectivity index (χ4v) is 5.84. The van der Waals surface area contributed by atoms with E-state index >= 15 is 0 Å². The second-order valence-corrected chi connectivity index (χ2v) is 8.93. The molecule has 2 heterocycles. The van der Waals surface area contributed by atoms with Crippen molar-refractivity contribution in [1.82, 2.24) is 9.78 Å². The van der Waals surface area contributed by atoms with Crippen LogP contribution < -0.4 is 0 Å². The third-order valence-electron chi connectivity index (χ3n) is 4.34. The van der Waals surface area contributed by atoms with E-state index in [9.17, 15) is 13.2 Å². The topological polar surface area (TPSA) is 17.8 Å². The molecule has 0 bridgehead atoms. The molecule has 0 radical (unpaired) electrons. The van der Waals surface area contributed by atoms with E-state index in [2.05, 4.69) is 0 Å². The lowest BCUT2D eigenvalue weighted by atomic mass is 10.1. The van der Waals surface area contributed by atoms with Crippen molar-refractivity contribution in [2.24, 2.45) is 0 Å². The van der Waals surface area contributed by atoms with Gasteiger partial charge in [0.1, 0.15) is 0 Å². The van der Waals surface area contributed by atoms with Crippen LogP contribution in [0.2, 0.25) is 0 Å². The molecule has 0 spiro atoms. The van der Waals surface area contributed by atoms with Crippen LogP contribution in [0.25, 0.3) is 16.8 Å². The molecule has 0 aliphatic carbocycles. The number of benzene rings is 2. The van der Waals surface area contributed by atoms with Crippen LogP contribution in [-0.2, 0) is 6.18 Å². The molecule has 4 rings (SSSR count). The number of hydrogen-bond donors (Lipinski definition) is 0. The molecule has 2 nitrogen and oxygen atoms in total. The Kier molecular flexibility index (Phi) is 5.23. The van der Waals surface area contributed by atoms with Crippen molar-refractivity contribution >= 4 is 23.5 Å². The SMILES string of the molecule is FC(F)(F)c1ccc(-n2cc(-c3ccccc3)c(C3SCCCS3)n2)cc1. The number of rotatable bonds is 3. The average Bonchev–Trinajstić information content (AvgIpc) is 3.14. The summed E-state index contributed by atoms with van der Waals surface area (Å²) in [6.07, 6.45) is -1.23. The molecule has 1 aromatic heterocycles. The zero-order chi connectivity index (χ0) is 18.9. The highest BCUT2D eigenvalue weighted by atomic mass is 32.2. The van der Waals surface area contributed by atoms with Gasteiger partial charge in [-0.1, -0.05) is 30.3 Å². The summed E-state index contributed by atoms with van der Waals surface area (Å²) >= 11 is 3.76. The fraction of sp³-hybridized carbons (Fsp3) is 0.250. The zero-order valence-corrected chi connectivity index (χ0v) is 15.9. The van der Waals surface area contributed by atoms with Crippen LogP contribution in [0, 0.1) is 0 Å². The average molecular weight is 406 g/mol. The van der Waals surface area contributed by atoms with Crippen LogP contribution >= 0.6 is 23.5 Å². The number of halogens is 3. The van der Waals surface area contributed by atoms with Gasteiger partial charge < -0.3 is 0 Å². The third kappa shape index (κ3) is 4.04. The van der Waals surface area contributed by atoms with Gasteiger partial charge in [0.05, 0.1) is 21.5 Å². The summed E-state index contributed by atoms with van der Waals surface area (Å²) in [6.45, 7) is 0. The number of thioether (sulfide) groups is 2. The smallest absolute Gasteiger partial charge is 0.240 e. The summed E-state index contributed by atoms with van der Waals surface area (Å²) in [4.78, 5) is 0. The maximum Gasteiger partial charge on any atom is 0.416 e. The monoisotopic (exact) mass is 406 g/mol. The Hall–Kier alpha value is -1.86. The molecule has 0 atom stereocenters. The highest BCUT2D eigenvalue weighted by molar-refractivity contribution is 8.16. The summed E-state index contributed by atoms with van der Waals surface area (Å²) in [6, 6.07) is 15.1. The van der Waals surface area contributed by atoms with Gasteiger partial charge in [-0.05, 0) is 47.8 Å². The molecule has 0 saturated carbocycles. The van der Waals surface area contributed by atoms with Crippen molar-refractivity contribution in [3.05, 3.63) is 72.1 Å². The van der Waals surface area contributed by atoms with Gasteiger partial charge in [0.15, 0.2) is 0 Å². The summed E-state index contributed by atoms with van der Waals surface area (Å²) < 4.78 is 40.4. The van der Waals surface area contributed by atoms with Gasteiger partial charge in [0.2, 0.25) is 0 Å². The molecule has 1 aliphatic heterocycles. The number of alkyl halides is 3. The summed E-state index contributed by atoms with van der Waals surface area (Å²) in [7, 11) is 0. The van der Waals surface area contributed by atoms with E-state index in [4.69, 9.17) is 5.10 Å². The zero-order valence-electron chi connectivity index (χ0n) is 14.3. The first-order chi connectivity index (χ1) is 13.0. The molecule has 7 heteroatoms. The summed E-state index contributed by atoms with van der Waals surface area (Å²) in [5.41, 5.74) is 3.05. The molecule has 27 heavy (non-hydrogen) atoms. The molecular formula is C20H17F3N2S2. The first-order valence-corrected chi connectivity index (χ1v) is 10.7. The van der Waals surface area contributed by atoms with Crippen LogP contribution in [-0.4, -0.2) is 21.3 Å². The fourth-order valence-electron chi connectivity index (χ4n) is 2.98. The molecular weight excluding hydrogens is 389 g/mol. The molecule has 2 aromatic carbocycles. The third-order valence-corrected chi connectivity index (χ3v) is 7.25. The Bertz CT molecular complexity index is 899. The van der Waals surface area contributed by atoms with Crippen LogP contribution in [0.15, 0.2) is 60.8 Å². The highest BCUT2D eigenvalue weighted by Crippen LogP contribution is 2.46.